The number of aromatic carboxylic acids is 1. The number of ether oxygens (including phenoxy) is 1. The molecule has 0 aromatic heterocycles. The second kappa shape index (κ2) is 6.36. The van der Waals surface area contributed by atoms with E-state index in [9.17, 15) is 14.0 Å². The van der Waals surface area contributed by atoms with Crippen LogP contribution in [0.15, 0.2) is 22.8 Å². The fourth-order valence-electron chi connectivity index (χ4n) is 1.72. The van der Waals surface area contributed by atoms with E-state index in [0.717, 1.165) is 12.1 Å². The van der Waals surface area contributed by atoms with Crippen molar-refractivity contribution in [2.45, 2.75) is 6.92 Å². The van der Waals surface area contributed by atoms with Crippen molar-refractivity contribution in [3.8, 4) is 0 Å². The van der Waals surface area contributed by atoms with E-state index in [-0.39, 0.29) is 16.3 Å². The lowest BCUT2D eigenvalue weighted by Crippen LogP contribution is -2.19. The Balaban J connectivity index is 2.29. The Labute approximate surface area is 129 Å². The van der Waals surface area contributed by atoms with Crippen LogP contribution in [0.1, 0.15) is 17.3 Å². The molecule has 1 aromatic rings. The molecule has 5 nitrogen and oxygen atoms in total. The van der Waals surface area contributed by atoms with Gasteiger partial charge in [0.25, 0.3) is 5.91 Å². The summed E-state index contributed by atoms with van der Waals surface area (Å²) >= 11 is 6.93. The first kappa shape index (κ1) is 15.7. The third-order valence-electron chi connectivity index (χ3n) is 2.71. The molecule has 1 aromatic carbocycles. The van der Waals surface area contributed by atoms with Crippen molar-refractivity contribution in [2.24, 2.45) is 0 Å². The topological polar surface area (TPSA) is 75.6 Å². The summed E-state index contributed by atoms with van der Waals surface area (Å²) in [6, 6.07) is 1.84. The van der Waals surface area contributed by atoms with Gasteiger partial charge in [0.05, 0.1) is 22.9 Å². The van der Waals surface area contributed by atoms with E-state index >= 15 is 0 Å². The minimum absolute atomic E-state index is 0.233. The first-order valence-electron chi connectivity index (χ1n) is 5.90. The predicted molar refractivity (Wildman–Crippen MR) is 78.1 cm³/mol. The molecule has 112 valence electrons. The number of halogens is 2. The number of nitrogens with one attached hydrogen (secondary N) is 1. The first-order chi connectivity index (χ1) is 9.90. The molecule has 0 saturated heterocycles. The number of thioether (sulfide) groups is 1. The van der Waals surface area contributed by atoms with Gasteiger partial charge < -0.3 is 15.2 Å². The summed E-state index contributed by atoms with van der Waals surface area (Å²) in [6.45, 7) is 2.15. The third kappa shape index (κ3) is 3.48. The molecule has 1 heterocycles. The monoisotopic (exact) mass is 331 g/mol. The third-order valence-corrected chi connectivity index (χ3v) is 4.15. The minimum atomic E-state index is -1.30. The van der Waals surface area contributed by atoms with Crippen molar-refractivity contribution in [3.05, 3.63) is 39.2 Å². The van der Waals surface area contributed by atoms with Crippen molar-refractivity contribution in [1.82, 2.24) is 0 Å². The van der Waals surface area contributed by atoms with E-state index in [1.807, 2.05) is 0 Å². The van der Waals surface area contributed by atoms with Crippen LogP contribution in [0.2, 0.25) is 5.02 Å². The van der Waals surface area contributed by atoms with Crippen LogP contribution in [-0.2, 0) is 9.53 Å². The van der Waals surface area contributed by atoms with Crippen LogP contribution in [0.4, 0.5) is 10.1 Å². The molecule has 21 heavy (non-hydrogen) atoms. The Morgan fingerprint density at radius 1 is 1.48 bits per heavy atom. The molecule has 0 radical (unpaired) electrons. The molecule has 0 unspecified atom stereocenters. The number of carboxylic acids is 1. The molecule has 8 heteroatoms. The van der Waals surface area contributed by atoms with Gasteiger partial charge in [0, 0.05) is 5.75 Å². The molecule has 0 bridgehead atoms. The Bertz CT molecular complexity index is 647. The van der Waals surface area contributed by atoms with Crippen LogP contribution >= 0.6 is 23.4 Å². The molecule has 2 N–H and O–H groups in total. The van der Waals surface area contributed by atoms with E-state index in [0.29, 0.717) is 23.0 Å². The molecule has 2 rings (SSSR count). The molecule has 0 saturated carbocycles. The molecule has 1 amide bonds. The van der Waals surface area contributed by atoms with Crippen molar-refractivity contribution in [3.63, 3.8) is 0 Å². The average Bonchev–Trinajstić information content (AvgIpc) is 2.41. The van der Waals surface area contributed by atoms with E-state index in [4.69, 9.17) is 21.4 Å². The van der Waals surface area contributed by atoms with E-state index in [1.165, 1.54) is 11.8 Å². The van der Waals surface area contributed by atoms with Gasteiger partial charge >= 0.3 is 5.97 Å². The van der Waals surface area contributed by atoms with Gasteiger partial charge in [0.2, 0.25) is 0 Å². The summed E-state index contributed by atoms with van der Waals surface area (Å²) in [6.07, 6.45) is 0. The van der Waals surface area contributed by atoms with Crippen LogP contribution in [0.25, 0.3) is 0 Å². The largest absolute Gasteiger partial charge is 0.496 e. The van der Waals surface area contributed by atoms with Crippen LogP contribution in [0.3, 0.4) is 0 Å². The highest BCUT2D eigenvalue weighted by atomic mass is 35.5. The fraction of sp³-hybridized carbons (Fsp3) is 0.231. The molecule has 0 fully saturated rings. The minimum Gasteiger partial charge on any atom is -0.496 e. The Morgan fingerprint density at radius 2 is 2.19 bits per heavy atom. The second-order valence-electron chi connectivity index (χ2n) is 4.15. The highest BCUT2D eigenvalue weighted by molar-refractivity contribution is 8.04. The highest BCUT2D eigenvalue weighted by Crippen LogP contribution is 2.29. The standard InChI is InChI=1S/C13H11ClFNO4S/c1-6-11(21-3-2-20-6)12(17)16-10-4-7(13(18)19)8(14)5-9(10)15/h4-5H,2-3H2,1H3,(H,16,17)(H,18,19). The van der Waals surface area contributed by atoms with Gasteiger partial charge in [-0.1, -0.05) is 11.6 Å². The van der Waals surface area contributed by atoms with Gasteiger partial charge in [-0.15, -0.1) is 11.8 Å². The summed E-state index contributed by atoms with van der Waals surface area (Å²) < 4.78 is 19.0. The van der Waals surface area contributed by atoms with Crippen LogP contribution < -0.4 is 5.32 Å². The number of anilines is 1. The Hall–Kier alpha value is -1.73. The lowest BCUT2D eigenvalue weighted by molar-refractivity contribution is -0.112. The van der Waals surface area contributed by atoms with E-state index in [1.54, 1.807) is 6.92 Å². The lowest BCUT2D eigenvalue weighted by atomic mass is 10.2. The molecule has 1 aliphatic rings. The number of allylic oxidation sites excluding steroid dienone is 1. The van der Waals surface area contributed by atoms with Gasteiger partial charge in [0.1, 0.15) is 16.5 Å². The van der Waals surface area contributed by atoms with Crippen molar-refractivity contribution in [2.75, 3.05) is 17.7 Å². The van der Waals surface area contributed by atoms with Gasteiger partial charge in [-0.2, -0.15) is 0 Å². The zero-order valence-electron chi connectivity index (χ0n) is 10.9. The number of amides is 1. The first-order valence-corrected chi connectivity index (χ1v) is 7.26. The van der Waals surface area contributed by atoms with Crippen LogP contribution in [0.5, 0.6) is 0 Å². The highest BCUT2D eigenvalue weighted by Gasteiger charge is 2.21. The molecule has 1 aliphatic heterocycles. The second-order valence-corrected chi connectivity index (χ2v) is 5.67. The summed E-state index contributed by atoms with van der Waals surface area (Å²) in [5.41, 5.74) is -0.528. The molecule has 0 atom stereocenters. The zero-order valence-corrected chi connectivity index (χ0v) is 12.5. The maximum absolute atomic E-state index is 13.8. The lowest BCUT2D eigenvalue weighted by Gasteiger charge is -2.18. The maximum Gasteiger partial charge on any atom is 0.337 e. The number of rotatable bonds is 3. The van der Waals surface area contributed by atoms with Gasteiger partial charge in [-0.05, 0) is 19.1 Å². The smallest absolute Gasteiger partial charge is 0.337 e. The SMILES string of the molecule is CC1=C(C(=O)Nc2cc(C(=O)O)c(Cl)cc2F)SCCO1. The van der Waals surface area contributed by atoms with Gasteiger partial charge in [-0.3, -0.25) is 4.79 Å². The Morgan fingerprint density at radius 3 is 2.81 bits per heavy atom. The van der Waals surface area contributed by atoms with Crippen molar-refractivity contribution < 1.29 is 23.8 Å². The summed E-state index contributed by atoms with van der Waals surface area (Å²) in [4.78, 5) is 23.4. The predicted octanol–water partition coefficient (Wildman–Crippen LogP) is 3.11. The molecular weight excluding hydrogens is 321 g/mol. The zero-order chi connectivity index (χ0) is 15.6. The summed E-state index contributed by atoms with van der Waals surface area (Å²) in [7, 11) is 0. The fourth-order valence-corrected chi connectivity index (χ4v) is 2.77. The van der Waals surface area contributed by atoms with Crippen LogP contribution in [0, 0.1) is 5.82 Å². The van der Waals surface area contributed by atoms with Crippen LogP contribution in [-0.4, -0.2) is 29.3 Å². The van der Waals surface area contributed by atoms with E-state index < -0.39 is 17.7 Å². The van der Waals surface area contributed by atoms with Gasteiger partial charge in [-0.25, -0.2) is 9.18 Å². The molecule has 0 spiro atoms. The number of benzene rings is 1. The summed E-state index contributed by atoms with van der Waals surface area (Å²) in [5, 5.41) is 11.1. The molecular formula is C13H11ClFNO4S. The maximum atomic E-state index is 13.8. The number of carbonyl (C=O) groups is 2. The van der Waals surface area contributed by atoms with Crippen molar-refractivity contribution >= 4 is 40.9 Å². The number of carbonyl (C=O) groups excluding carboxylic acids is 1. The normalized spacial score (nSPS) is 14.6. The Kier molecular flexibility index (Phi) is 4.74. The van der Waals surface area contributed by atoms with Crippen molar-refractivity contribution in [1.29, 1.82) is 0 Å². The number of carboxylic acid groups (broad SMARTS) is 1. The van der Waals surface area contributed by atoms with E-state index in [2.05, 4.69) is 5.32 Å². The molecule has 0 aliphatic carbocycles. The number of hydrogen-bond acceptors (Lipinski definition) is 4. The van der Waals surface area contributed by atoms with Gasteiger partial charge in [0.15, 0.2) is 0 Å². The number of hydrogen-bond donors (Lipinski definition) is 2. The average molecular weight is 332 g/mol. The summed E-state index contributed by atoms with van der Waals surface area (Å²) in [5.74, 6) is -1.59. The quantitative estimate of drug-likeness (QED) is 0.890.